The summed E-state index contributed by atoms with van der Waals surface area (Å²) in [6, 6.07) is 6.11. The van der Waals surface area contributed by atoms with Crippen molar-refractivity contribution in [2.45, 2.75) is 0 Å². The highest BCUT2D eigenvalue weighted by atomic mass is 32.1. The molecule has 2 nitrogen and oxygen atoms in total. The van der Waals surface area contributed by atoms with E-state index < -0.39 is 5.82 Å². The van der Waals surface area contributed by atoms with E-state index in [9.17, 15) is 4.39 Å². The summed E-state index contributed by atoms with van der Waals surface area (Å²) in [5, 5.41) is 18.0. The summed E-state index contributed by atoms with van der Waals surface area (Å²) in [6.45, 7) is 0. The summed E-state index contributed by atoms with van der Waals surface area (Å²) in [7, 11) is 0. The van der Waals surface area contributed by atoms with Gasteiger partial charge in [0, 0.05) is 16.2 Å². The standard InChI is InChI=1S/C9H4FNOS/c10-9-5(4-11)1-2-7-6(9)3-8(12)13-7/h1-3,12H. The van der Waals surface area contributed by atoms with Crippen LogP contribution < -0.4 is 0 Å². The largest absolute Gasteiger partial charge is 0.499 e. The molecule has 0 spiro atoms. The lowest BCUT2D eigenvalue weighted by Gasteiger charge is -1.93. The molecule has 0 aliphatic heterocycles. The van der Waals surface area contributed by atoms with Crippen molar-refractivity contribution in [3.8, 4) is 11.1 Å². The molecule has 64 valence electrons. The SMILES string of the molecule is N#Cc1ccc2sc(O)cc2c1F. The van der Waals surface area contributed by atoms with Crippen molar-refractivity contribution in [1.29, 1.82) is 5.26 Å². The van der Waals surface area contributed by atoms with E-state index in [1.165, 1.54) is 12.1 Å². The van der Waals surface area contributed by atoms with Gasteiger partial charge in [0.2, 0.25) is 0 Å². The number of aromatic hydroxyl groups is 1. The predicted octanol–water partition coefficient (Wildman–Crippen LogP) is 2.62. The van der Waals surface area contributed by atoms with Gasteiger partial charge < -0.3 is 5.11 Å². The van der Waals surface area contributed by atoms with Gasteiger partial charge in [-0.05, 0) is 12.1 Å². The molecule has 0 atom stereocenters. The molecule has 0 unspecified atom stereocenters. The summed E-state index contributed by atoms with van der Waals surface area (Å²) in [6.07, 6.45) is 0. The van der Waals surface area contributed by atoms with Crippen LogP contribution in [0.5, 0.6) is 5.06 Å². The zero-order valence-electron chi connectivity index (χ0n) is 6.41. The topological polar surface area (TPSA) is 44.0 Å². The van der Waals surface area contributed by atoms with Gasteiger partial charge in [0.1, 0.15) is 11.9 Å². The lowest BCUT2D eigenvalue weighted by molar-refractivity contribution is 0.491. The average molecular weight is 193 g/mol. The smallest absolute Gasteiger partial charge is 0.172 e. The van der Waals surface area contributed by atoms with E-state index in [4.69, 9.17) is 10.4 Å². The van der Waals surface area contributed by atoms with E-state index in [0.717, 1.165) is 11.3 Å². The molecule has 0 bridgehead atoms. The first-order valence-electron chi connectivity index (χ1n) is 3.53. The number of hydrogen-bond acceptors (Lipinski definition) is 3. The molecular formula is C9H4FNOS. The van der Waals surface area contributed by atoms with Crippen molar-refractivity contribution >= 4 is 21.4 Å². The molecule has 0 aliphatic carbocycles. The first-order chi connectivity index (χ1) is 6.22. The molecular weight excluding hydrogens is 189 g/mol. The van der Waals surface area contributed by atoms with Gasteiger partial charge in [0.15, 0.2) is 5.06 Å². The summed E-state index contributed by atoms with van der Waals surface area (Å²) in [5.41, 5.74) is 0.00491. The Morgan fingerprint density at radius 2 is 2.23 bits per heavy atom. The third-order valence-corrected chi connectivity index (χ3v) is 2.65. The maximum Gasteiger partial charge on any atom is 0.172 e. The molecule has 0 saturated heterocycles. The molecule has 0 amide bonds. The number of fused-ring (bicyclic) bond motifs is 1. The van der Waals surface area contributed by atoms with Gasteiger partial charge in [0.25, 0.3) is 0 Å². The number of halogens is 1. The number of nitriles is 1. The monoisotopic (exact) mass is 193 g/mol. The van der Waals surface area contributed by atoms with Crippen LogP contribution in [-0.2, 0) is 0 Å². The Balaban J connectivity index is 2.87. The lowest BCUT2D eigenvalue weighted by atomic mass is 10.2. The Bertz CT molecular complexity index is 512. The number of nitrogens with zero attached hydrogens (tertiary/aromatic N) is 1. The molecule has 1 N–H and O–H groups in total. The molecule has 1 heterocycles. The predicted molar refractivity (Wildman–Crippen MR) is 48.2 cm³/mol. The van der Waals surface area contributed by atoms with Gasteiger partial charge in [-0.25, -0.2) is 4.39 Å². The Hall–Kier alpha value is -1.60. The Kier molecular flexibility index (Phi) is 1.67. The lowest BCUT2D eigenvalue weighted by Crippen LogP contribution is -1.81. The van der Waals surface area contributed by atoms with E-state index in [1.807, 2.05) is 0 Å². The summed E-state index contributed by atoms with van der Waals surface area (Å²) in [5.74, 6) is -0.559. The van der Waals surface area contributed by atoms with Crippen molar-refractivity contribution < 1.29 is 9.50 Å². The highest BCUT2D eigenvalue weighted by Crippen LogP contribution is 2.32. The van der Waals surface area contributed by atoms with Gasteiger partial charge in [-0.15, -0.1) is 0 Å². The van der Waals surface area contributed by atoms with Gasteiger partial charge in [-0.2, -0.15) is 5.26 Å². The van der Waals surface area contributed by atoms with Crippen molar-refractivity contribution in [2.24, 2.45) is 0 Å². The Morgan fingerprint density at radius 1 is 1.46 bits per heavy atom. The fourth-order valence-corrected chi connectivity index (χ4v) is 1.95. The van der Waals surface area contributed by atoms with E-state index in [0.29, 0.717) is 10.1 Å². The van der Waals surface area contributed by atoms with Crippen LogP contribution in [0.15, 0.2) is 18.2 Å². The number of rotatable bonds is 0. The minimum absolute atomic E-state index is 0.00491. The molecule has 0 saturated carbocycles. The zero-order valence-corrected chi connectivity index (χ0v) is 7.23. The second kappa shape index (κ2) is 2.71. The van der Waals surface area contributed by atoms with Crippen LogP contribution in [0, 0.1) is 17.1 Å². The van der Waals surface area contributed by atoms with E-state index in [2.05, 4.69) is 0 Å². The fourth-order valence-electron chi connectivity index (χ4n) is 1.15. The maximum absolute atomic E-state index is 13.4. The molecule has 1 aromatic carbocycles. The molecule has 13 heavy (non-hydrogen) atoms. The van der Waals surface area contributed by atoms with Crippen molar-refractivity contribution in [1.82, 2.24) is 0 Å². The Labute approximate surface area is 77.5 Å². The van der Waals surface area contributed by atoms with E-state index in [1.54, 1.807) is 12.1 Å². The number of hydrogen-bond donors (Lipinski definition) is 1. The van der Waals surface area contributed by atoms with Gasteiger partial charge in [-0.1, -0.05) is 11.3 Å². The minimum Gasteiger partial charge on any atom is -0.499 e. The highest BCUT2D eigenvalue weighted by Gasteiger charge is 2.09. The van der Waals surface area contributed by atoms with Gasteiger partial charge in [-0.3, -0.25) is 0 Å². The van der Waals surface area contributed by atoms with Crippen molar-refractivity contribution in [2.75, 3.05) is 0 Å². The van der Waals surface area contributed by atoms with Crippen LogP contribution in [0.25, 0.3) is 10.1 Å². The molecule has 0 aliphatic rings. The Morgan fingerprint density at radius 3 is 2.92 bits per heavy atom. The first-order valence-corrected chi connectivity index (χ1v) is 4.35. The third-order valence-electron chi connectivity index (χ3n) is 1.74. The summed E-state index contributed by atoms with van der Waals surface area (Å²) >= 11 is 1.09. The van der Waals surface area contributed by atoms with Crippen molar-refractivity contribution in [3.05, 3.63) is 29.6 Å². The average Bonchev–Trinajstić information content (AvgIpc) is 2.47. The van der Waals surface area contributed by atoms with Gasteiger partial charge >= 0.3 is 0 Å². The summed E-state index contributed by atoms with van der Waals surface area (Å²) in [4.78, 5) is 0. The number of benzene rings is 1. The molecule has 2 aromatic rings. The number of thiophene rings is 1. The maximum atomic E-state index is 13.4. The van der Waals surface area contributed by atoms with Crippen LogP contribution in [0.1, 0.15) is 5.56 Å². The minimum atomic E-state index is -0.559. The molecule has 0 radical (unpaired) electrons. The second-order valence-corrected chi connectivity index (χ2v) is 3.60. The van der Waals surface area contributed by atoms with E-state index in [-0.39, 0.29) is 10.6 Å². The van der Waals surface area contributed by atoms with Crippen LogP contribution in [0.3, 0.4) is 0 Å². The third kappa shape index (κ3) is 1.14. The van der Waals surface area contributed by atoms with Crippen LogP contribution in [0.4, 0.5) is 4.39 Å². The first kappa shape index (κ1) is 8.02. The quantitative estimate of drug-likeness (QED) is 0.698. The van der Waals surface area contributed by atoms with Crippen LogP contribution >= 0.6 is 11.3 Å². The molecule has 0 fully saturated rings. The molecule has 4 heteroatoms. The second-order valence-electron chi connectivity index (χ2n) is 2.54. The van der Waals surface area contributed by atoms with Gasteiger partial charge in [0.05, 0.1) is 5.56 Å². The molecule has 1 aromatic heterocycles. The van der Waals surface area contributed by atoms with Crippen LogP contribution in [-0.4, -0.2) is 5.11 Å². The zero-order chi connectivity index (χ0) is 9.42. The van der Waals surface area contributed by atoms with Crippen molar-refractivity contribution in [3.63, 3.8) is 0 Å². The normalized spacial score (nSPS) is 10.2. The highest BCUT2D eigenvalue weighted by molar-refractivity contribution is 7.20. The summed E-state index contributed by atoms with van der Waals surface area (Å²) < 4.78 is 14.0. The van der Waals surface area contributed by atoms with E-state index >= 15 is 0 Å². The fraction of sp³-hybridized carbons (Fsp3) is 0. The molecule has 2 rings (SSSR count). The van der Waals surface area contributed by atoms with Crippen LogP contribution in [0.2, 0.25) is 0 Å².